The van der Waals surface area contributed by atoms with Gasteiger partial charge >= 0.3 is 0 Å². The molecule has 206 valence electrons. The summed E-state index contributed by atoms with van der Waals surface area (Å²) in [5.41, 5.74) is -0.475. The minimum atomic E-state index is -1.53. The third-order valence-electron chi connectivity index (χ3n) is 5.29. The Morgan fingerprint density at radius 2 is 1.59 bits per heavy atom. The van der Waals surface area contributed by atoms with Gasteiger partial charge in [0.1, 0.15) is 21.7 Å². The fraction of sp³-hybridized carbons (Fsp3) is 0.192. The van der Waals surface area contributed by atoms with Crippen LogP contribution in [0.4, 0.5) is 30.2 Å². The van der Waals surface area contributed by atoms with Crippen molar-refractivity contribution < 1.29 is 27.6 Å². The van der Waals surface area contributed by atoms with E-state index in [1.807, 2.05) is 0 Å². The second-order valence-corrected chi connectivity index (χ2v) is 11.2. The van der Waals surface area contributed by atoms with Crippen molar-refractivity contribution in [1.82, 2.24) is 0 Å². The van der Waals surface area contributed by atoms with Crippen LogP contribution in [0.15, 0.2) is 53.0 Å². The molecule has 3 aromatic carbocycles. The Morgan fingerprint density at radius 1 is 0.897 bits per heavy atom. The number of hydrogen-bond acceptors (Lipinski definition) is 3. The highest BCUT2D eigenvalue weighted by Crippen LogP contribution is 2.32. The van der Waals surface area contributed by atoms with Crippen LogP contribution in [0.1, 0.15) is 35.7 Å². The zero-order chi connectivity index (χ0) is 28.9. The van der Waals surface area contributed by atoms with Crippen LogP contribution in [0, 0.1) is 17.5 Å². The number of anilines is 3. The number of rotatable bonds is 9. The van der Waals surface area contributed by atoms with Crippen LogP contribution in [-0.2, 0) is 16.0 Å². The Balaban J connectivity index is 1.72. The van der Waals surface area contributed by atoms with Gasteiger partial charge in [-0.25, -0.2) is 13.2 Å². The van der Waals surface area contributed by atoms with Crippen LogP contribution < -0.4 is 16.0 Å². The number of nitrogens with one attached hydrogen (secondary N) is 3. The van der Waals surface area contributed by atoms with Crippen molar-refractivity contribution in [3.05, 3.63) is 86.6 Å². The maximum absolute atomic E-state index is 14.8. The van der Waals surface area contributed by atoms with Gasteiger partial charge in [0.05, 0.1) is 27.2 Å². The number of hydrogen-bond donors (Lipinski definition) is 3. The first-order valence-corrected chi connectivity index (χ1v) is 13.2. The molecule has 0 saturated heterocycles. The molecule has 13 heteroatoms. The van der Waals surface area contributed by atoms with E-state index in [-0.39, 0.29) is 40.0 Å². The minimum absolute atomic E-state index is 0.0117. The zero-order valence-corrected chi connectivity index (χ0v) is 24.0. The summed E-state index contributed by atoms with van der Waals surface area (Å²) < 4.78 is 41.0. The highest BCUT2D eigenvalue weighted by Gasteiger charge is 2.29. The van der Waals surface area contributed by atoms with Crippen molar-refractivity contribution in [3.63, 3.8) is 0 Å². The molecule has 0 aliphatic heterocycles. The van der Waals surface area contributed by atoms with E-state index in [1.54, 1.807) is 0 Å². The van der Waals surface area contributed by atoms with Crippen LogP contribution >= 0.6 is 50.7 Å². The van der Waals surface area contributed by atoms with Gasteiger partial charge < -0.3 is 16.0 Å². The molecule has 0 bridgehead atoms. The van der Waals surface area contributed by atoms with Gasteiger partial charge in [0, 0.05) is 18.5 Å². The molecule has 3 amide bonds. The number of amides is 3. The Morgan fingerprint density at radius 3 is 2.26 bits per heavy atom. The van der Waals surface area contributed by atoms with E-state index >= 15 is 0 Å². The summed E-state index contributed by atoms with van der Waals surface area (Å²) in [5, 5.41) is 6.93. The summed E-state index contributed by atoms with van der Waals surface area (Å²) in [6.07, 6.45) is -0.314. The van der Waals surface area contributed by atoms with E-state index < -0.39 is 50.9 Å². The molecule has 0 spiro atoms. The largest absolute Gasteiger partial charge is 0.326 e. The lowest BCUT2D eigenvalue weighted by Gasteiger charge is -2.19. The number of halogens is 7. The average molecular weight is 666 g/mol. The van der Waals surface area contributed by atoms with Gasteiger partial charge in [0.25, 0.3) is 5.91 Å². The summed E-state index contributed by atoms with van der Waals surface area (Å²) in [5.74, 6) is -4.72. The fourth-order valence-corrected chi connectivity index (χ4v) is 4.59. The molecule has 3 N–H and O–H groups in total. The quantitative estimate of drug-likeness (QED) is 0.204. The Labute approximate surface area is 245 Å². The maximum atomic E-state index is 14.8. The predicted octanol–water partition coefficient (Wildman–Crippen LogP) is 7.87. The molecule has 3 aromatic rings. The van der Waals surface area contributed by atoms with Crippen LogP contribution in [-0.4, -0.2) is 22.1 Å². The molecule has 6 nitrogen and oxygen atoms in total. The number of alkyl halides is 2. The van der Waals surface area contributed by atoms with Crippen LogP contribution in [0.5, 0.6) is 0 Å². The summed E-state index contributed by atoms with van der Waals surface area (Å²) in [6.45, 7) is 1.51. The fourth-order valence-electron chi connectivity index (χ4n) is 3.41. The van der Waals surface area contributed by atoms with Crippen molar-refractivity contribution in [3.8, 4) is 0 Å². The first-order chi connectivity index (χ1) is 18.3. The molecule has 0 unspecified atom stereocenters. The SMILES string of the molecule is CCC(=O)Nc1c(F)ccc(NC(=O)c2cc(NC(=O)CC(Cl)(Cl)Cc3ccc(F)c(Br)c3)ccc2Cl)c1F. The lowest BCUT2D eigenvalue weighted by Crippen LogP contribution is -2.25. The van der Waals surface area contributed by atoms with Crippen molar-refractivity contribution in [2.24, 2.45) is 0 Å². The van der Waals surface area contributed by atoms with Gasteiger partial charge in [-0.05, 0) is 64.0 Å². The maximum Gasteiger partial charge on any atom is 0.257 e. The molecule has 0 radical (unpaired) electrons. The van der Waals surface area contributed by atoms with Crippen molar-refractivity contribution in [2.45, 2.75) is 30.5 Å². The first-order valence-electron chi connectivity index (χ1n) is 11.3. The average Bonchev–Trinajstić information content (AvgIpc) is 2.86. The molecule has 0 fully saturated rings. The van der Waals surface area contributed by atoms with Crippen molar-refractivity contribution >= 4 is 85.5 Å². The number of benzene rings is 3. The second-order valence-electron chi connectivity index (χ2n) is 8.34. The standard InChI is InChI=1S/C26H20BrCl3F3N3O3/c1-2-21(37)36-24-19(32)7-8-20(23(24)33)35-25(39)15-10-14(4-5-17(15)28)34-22(38)12-26(29,30)11-13-3-6-18(31)16(27)9-13/h3-10H,2,11-12H2,1H3,(H,34,38)(H,35,39)(H,36,37). The van der Waals surface area contributed by atoms with Gasteiger partial charge in [-0.2, -0.15) is 0 Å². The van der Waals surface area contributed by atoms with Crippen LogP contribution in [0.2, 0.25) is 5.02 Å². The molecule has 0 aliphatic carbocycles. The number of carbonyl (C=O) groups is 3. The molecule has 0 aliphatic rings. The third-order valence-corrected chi connectivity index (χ3v) is 6.76. The van der Waals surface area contributed by atoms with Crippen LogP contribution in [0.3, 0.4) is 0 Å². The Hall–Kier alpha value is -2.79. The van der Waals surface area contributed by atoms with E-state index in [9.17, 15) is 27.6 Å². The van der Waals surface area contributed by atoms with E-state index in [0.717, 1.165) is 12.1 Å². The highest BCUT2D eigenvalue weighted by molar-refractivity contribution is 9.10. The highest BCUT2D eigenvalue weighted by atomic mass is 79.9. The smallest absolute Gasteiger partial charge is 0.257 e. The van der Waals surface area contributed by atoms with Crippen LogP contribution in [0.25, 0.3) is 0 Å². The van der Waals surface area contributed by atoms with E-state index in [0.29, 0.717) is 5.56 Å². The topological polar surface area (TPSA) is 87.3 Å². The molecule has 0 aromatic heterocycles. The van der Waals surface area contributed by atoms with E-state index in [1.165, 1.54) is 43.3 Å². The molecule has 0 heterocycles. The first kappa shape index (κ1) is 30.7. The van der Waals surface area contributed by atoms with E-state index in [4.69, 9.17) is 34.8 Å². The van der Waals surface area contributed by atoms with Gasteiger partial charge in [-0.3, -0.25) is 14.4 Å². The van der Waals surface area contributed by atoms with Gasteiger partial charge in [-0.15, -0.1) is 23.2 Å². The summed E-state index contributed by atoms with van der Waals surface area (Å²) in [4.78, 5) is 37.1. The Kier molecular flexibility index (Phi) is 10.3. The normalized spacial score (nSPS) is 11.2. The zero-order valence-electron chi connectivity index (χ0n) is 20.1. The minimum Gasteiger partial charge on any atom is -0.326 e. The summed E-state index contributed by atoms with van der Waals surface area (Å²) in [7, 11) is 0. The third kappa shape index (κ3) is 8.35. The van der Waals surface area contributed by atoms with Crippen molar-refractivity contribution in [2.75, 3.05) is 16.0 Å². The Bertz CT molecular complexity index is 1440. The molecular weight excluding hydrogens is 646 g/mol. The molecule has 0 atom stereocenters. The molecule has 39 heavy (non-hydrogen) atoms. The number of carbonyl (C=O) groups excluding carboxylic acids is 3. The molecule has 3 rings (SSSR count). The summed E-state index contributed by atoms with van der Waals surface area (Å²) in [6, 6.07) is 10.1. The monoisotopic (exact) mass is 663 g/mol. The van der Waals surface area contributed by atoms with Crippen molar-refractivity contribution in [1.29, 1.82) is 0 Å². The molecule has 0 saturated carbocycles. The lowest BCUT2D eigenvalue weighted by molar-refractivity contribution is -0.117. The van der Waals surface area contributed by atoms with Gasteiger partial charge in [-0.1, -0.05) is 24.6 Å². The van der Waals surface area contributed by atoms with Gasteiger partial charge in [0.15, 0.2) is 5.82 Å². The second kappa shape index (κ2) is 13.0. The predicted molar refractivity (Wildman–Crippen MR) is 150 cm³/mol. The van der Waals surface area contributed by atoms with E-state index in [2.05, 4.69) is 31.9 Å². The summed E-state index contributed by atoms with van der Waals surface area (Å²) >= 11 is 21.9. The lowest BCUT2D eigenvalue weighted by atomic mass is 10.1. The molecular formula is C26H20BrCl3F3N3O3. The van der Waals surface area contributed by atoms with Gasteiger partial charge in [0.2, 0.25) is 11.8 Å².